The summed E-state index contributed by atoms with van der Waals surface area (Å²) in [6.07, 6.45) is 0. The minimum atomic E-state index is -3.59. The minimum Gasteiger partial charge on any atom is -0.298 e. The van der Waals surface area contributed by atoms with Gasteiger partial charge in [0.2, 0.25) is 10.0 Å². The van der Waals surface area contributed by atoms with E-state index in [9.17, 15) is 22.0 Å². The highest BCUT2D eigenvalue weighted by Crippen LogP contribution is 2.31. The first-order valence-corrected chi connectivity index (χ1v) is 10.3. The molecule has 0 saturated carbocycles. The summed E-state index contributed by atoms with van der Waals surface area (Å²) in [6.45, 7) is 1.75. The molecule has 0 unspecified atom stereocenters. The van der Waals surface area contributed by atoms with Crippen LogP contribution >= 0.6 is 11.3 Å². The van der Waals surface area contributed by atoms with E-state index in [2.05, 4.69) is 15.0 Å². The van der Waals surface area contributed by atoms with Crippen molar-refractivity contribution < 1.29 is 22.0 Å². The number of hydrogen-bond donors (Lipinski definition) is 2. The summed E-state index contributed by atoms with van der Waals surface area (Å²) in [5.41, 5.74) is 1.08. The molecule has 3 aromatic rings. The number of aryl methyl sites for hydroxylation is 1. The average Bonchev–Trinajstić information content (AvgIpc) is 3.04. The maximum Gasteiger partial charge on any atom is 0.257 e. The van der Waals surface area contributed by atoms with Crippen LogP contribution in [-0.4, -0.2) is 26.4 Å². The van der Waals surface area contributed by atoms with E-state index in [0.717, 1.165) is 17.0 Å². The summed E-state index contributed by atoms with van der Waals surface area (Å²) in [5.74, 6) is -2.40. The lowest BCUT2D eigenvalue weighted by Gasteiger charge is -2.04. The van der Waals surface area contributed by atoms with Crippen LogP contribution in [0.3, 0.4) is 0 Å². The lowest BCUT2D eigenvalue weighted by molar-refractivity contribution is 0.102. The third-order valence-electron chi connectivity index (χ3n) is 3.91. The minimum absolute atomic E-state index is 0.0391. The van der Waals surface area contributed by atoms with Crippen LogP contribution < -0.4 is 10.0 Å². The molecule has 2 aromatic carbocycles. The fourth-order valence-electron chi connectivity index (χ4n) is 2.43. The van der Waals surface area contributed by atoms with E-state index >= 15 is 0 Å². The number of benzene rings is 2. The molecule has 0 aliphatic heterocycles. The van der Waals surface area contributed by atoms with E-state index in [0.29, 0.717) is 11.3 Å². The molecule has 1 amide bonds. The Bertz CT molecular complexity index is 1140. The largest absolute Gasteiger partial charge is 0.298 e. The van der Waals surface area contributed by atoms with Crippen molar-refractivity contribution in [3.8, 4) is 11.3 Å². The highest BCUT2D eigenvalue weighted by atomic mass is 32.2. The molecule has 0 spiro atoms. The topological polar surface area (TPSA) is 88.2 Å². The van der Waals surface area contributed by atoms with Crippen molar-refractivity contribution in [2.24, 2.45) is 0 Å². The smallest absolute Gasteiger partial charge is 0.257 e. The van der Waals surface area contributed by atoms with Gasteiger partial charge in [0, 0.05) is 16.0 Å². The van der Waals surface area contributed by atoms with Crippen LogP contribution in [0.25, 0.3) is 11.3 Å². The number of rotatable bonds is 5. The van der Waals surface area contributed by atoms with Crippen molar-refractivity contribution in [2.45, 2.75) is 11.8 Å². The molecule has 0 saturated heterocycles. The van der Waals surface area contributed by atoms with Gasteiger partial charge in [-0.15, -0.1) is 11.3 Å². The van der Waals surface area contributed by atoms with Crippen molar-refractivity contribution in [1.29, 1.82) is 0 Å². The molecule has 0 atom stereocenters. The van der Waals surface area contributed by atoms with Gasteiger partial charge in [-0.2, -0.15) is 0 Å². The number of nitrogens with zero attached hydrogens (tertiary/aromatic N) is 1. The van der Waals surface area contributed by atoms with E-state index < -0.39 is 27.6 Å². The van der Waals surface area contributed by atoms with Crippen molar-refractivity contribution in [1.82, 2.24) is 9.71 Å². The highest BCUT2D eigenvalue weighted by Gasteiger charge is 2.16. The van der Waals surface area contributed by atoms with Gasteiger partial charge >= 0.3 is 0 Å². The zero-order valence-electron chi connectivity index (χ0n) is 14.8. The van der Waals surface area contributed by atoms with Crippen molar-refractivity contribution in [3.63, 3.8) is 0 Å². The first-order chi connectivity index (χ1) is 13.2. The van der Waals surface area contributed by atoms with Gasteiger partial charge in [-0.25, -0.2) is 26.9 Å². The molecule has 6 nitrogen and oxygen atoms in total. The number of aromatic nitrogens is 1. The average molecular weight is 423 g/mol. The molecule has 28 heavy (non-hydrogen) atoms. The number of sulfonamides is 1. The highest BCUT2D eigenvalue weighted by molar-refractivity contribution is 7.89. The maximum atomic E-state index is 13.5. The number of halogens is 2. The summed E-state index contributed by atoms with van der Waals surface area (Å²) < 4.78 is 52.2. The monoisotopic (exact) mass is 423 g/mol. The van der Waals surface area contributed by atoms with Gasteiger partial charge in [0.1, 0.15) is 0 Å². The normalized spacial score (nSPS) is 11.4. The van der Waals surface area contributed by atoms with Gasteiger partial charge in [-0.1, -0.05) is 0 Å². The van der Waals surface area contributed by atoms with Crippen LogP contribution in [0, 0.1) is 18.6 Å². The fraction of sp³-hybridized carbons (Fsp3) is 0.111. The van der Waals surface area contributed by atoms with E-state index in [1.54, 1.807) is 6.92 Å². The molecule has 0 radical (unpaired) electrons. The number of hydrogen-bond acceptors (Lipinski definition) is 5. The SMILES string of the molecule is CNS(=O)(=O)c1ccc(C(=O)Nc2nc(-c3ccc(F)c(F)c3)c(C)s2)cc1. The summed E-state index contributed by atoms with van der Waals surface area (Å²) in [6, 6.07) is 8.88. The van der Waals surface area contributed by atoms with E-state index in [4.69, 9.17) is 0 Å². The van der Waals surface area contributed by atoms with Gasteiger partial charge < -0.3 is 0 Å². The molecular weight excluding hydrogens is 408 g/mol. The number of amides is 1. The van der Waals surface area contributed by atoms with Gasteiger partial charge in [-0.3, -0.25) is 10.1 Å². The quantitative estimate of drug-likeness (QED) is 0.657. The third kappa shape index (κ3) is 4.08. The number of anilines is 1. The maximum absolute atomic E-state index is 13.5. The van der Waals surface area contributed by atoms with Crippen LogP contribution in [0.2, 0.25) is 0 Å². The van der Waals surface area contributed by atoms with Crippen LogP contribution in [0.1, 0.15) is 15.2 Å². The van der Waals surface area contributed by atoms with Gasteiger partial charge in [-0.05, 0) is 56.4 Å². The predicted molar refractivity (Wildman–Crippen MR) is 103 cm³/mol. The second-order valence-corrected chi connectivity index (χ2v) is 8.83. The standard InChI is InChI=1S/C18H15F2N3O3S2/c1-10-16(12-5-8-14(19)15(20)9-12)22-18(27-10)23-17(24)11-3-6-13(7-4-11)28(25,26)21-2/h3-9,21H,1-2H3,(H,22,23,24). The Labute approximate surface area is 164 Å². The van der Waals surface area contributed by atoms with Crippen molar-refractivity contribution in [3.05, 3.63) is 64.5 Å². The van der Waals surface area contributed by atoms with Crippen LogP contribution in [0.4, 0.5) is 13.9 Å². The van der Waals surface area contributed by atoms with Gasteiger partial charge in [0.25, 0.3) is 5.91 Å². The molecule has 0 fully saturated rings. The Morgan fingerprint density at radius 3 is 2.36 bits per heavy atom. The number of thiazole rings is 1. The fourth-order valence-corrected chi connectivity index (χ4v) is 3.99. The Morgan fingerprint density at radius 1 is 1.07 bits per heavy atom. The molecule has 3 rings (SSSR count). The number of nitrogens with one attached hydrogen (secondary N) is 2. The summed E-state index contributed by atoms with van der Waals surface area (Å²) in [7, 11) is -2.29. The molecule has 2 N–H and O–H groups in total. The molecule has 146 valence electrons. The molecule has 10 heteroatoms. The molecule has 0 aliphatic rings. The van der Waals surface area contributed by atoms with Crippen LogP contribution in [-0.2, 0) is 10.0 Å². The number of carbonyl (C=O) groups is 1. The first-order valence-electron chi connectivity index (χ1n) is 7.99. The van der Waals surface area contributed by atoms with E-state index in [-0.39, 0.29) is 15.6 Å². The molecule has 1 aromatic heterocycles. The van der Waals surface area contributed by atoms with E-state index in [1.807, 2.05) is 0 Å². The Balaban J connectivity index is 1.80. The number of carbonyl (C=O) groups excluding carboxylic acids is 1. The van der Waals surface area contributed by atoms with E-state index in [1.165, 1.54) is 48.7 Å². The second-order valence-electron chi connectivity index (χ2n) is 5.74. The van der Waals surface area contributed by atoms with Crippen LogP contribution in [0.15, 0.2) is 47.4 Å². The zero-order chi connectivity index (χ0) is 20.5. The molecule has 1 heterocycles. The predicted octanol–water partition coefficient (Wildman–Crippen LogP) is 3.56. The zero-order valence-corrected chi connectivity index (χ0v) is 16.4. The first kappa shape index (κ1) is 20.1. The summed E-state index contributed by atoms with van der Waals surface area (Å²) in [4.78, 5) is 17.4. The lowest BCUT2D eigenvalue weighted by atomic mass is 10.1. The van der Waals surface area contributed by atoms with Crippen LogP contribution in [0.5, 0.6) is 0 Å². The summed E-state index contributed by atoms with van der Waals surface area (Å²) >= 11 is 1.19. The van der Waals surface area contributed by atoms with Crippen molar-refractivity contribution in [2.75, 3.05) is 12.4 Å². The summed E-state index contributed by atoms with van der Waals surface area (Å²) in [5, 5.41) is 2.91. The Kier molecular flexibility index (Phi) is 5.54. The molecule has 0 aliphatic carbocycles. The van der Waals surface area contributed by atoms with Crippen molar-refractivity contribution >= 4 is 32.4 Å². The Hall–Kier alpha value is -2.69. The Morgan fingerprint density at radius 2 is 1.75 bits per heavy atom. The molecular formula is C18H15F2N3O3S2. The van der Waals surface area contributed by atoms with Gasteiger partial charge in [0.15, 0.2) is 16.8 Å². The second kappa shape index (κ2) is 7.74. The van der Waals surface area contributed by atoms with Gasteiger partial charge in [0.05, 0.1) is 10.6 Å². The molecule has 0 bridgehead atoms. The lowest BCUT2D eigenvalue weighted by Crippen LogP contribution is -2.19. The third-order valence-corrected chi connectivity index (χ3v) is 6.22.